The van der Waals surface area contributed by atoms with Gasteiger partial charge in [0, 0.05) is 5.56 Å². The van der Waals surface area contributed by atoms with Crippen LogP contribution in [0.1, 0.15) is 21.9 Å². The van der Waals surface area contributed by atoms with Crippen LogP contribution in [0, 0.1) is 5.82 Å². The molecule has 0 fully saturated rings. The number of carbonyl (C=O) groups is 1. The Kier molecular flexibility index (Phi) is 5.73. The maximum Gasteiger partial charge on any atom is 0.400 e. The number of nitrogens with zero attached hydrogens (tertiary/aromatic N) is 1. The van der Waals surface area contributed by atoms with Crippen LogP contribution in [0.15, 0.2) is 70.2 Å². The van der Waals surface area contributed by atoms with Gasteiger partial charge >= 0.3 is 5.97 Å². The Labute approximate surface area is 158 Å². The Bertz CT molecular complexity index is 973. The van der Waals surface area contributed by atoms with Crippen LogP contribution in [0.3, 0.4) is 0 Å². The molecule has 0 spiro atoms. The van der Waals surface area contributed by atoms with Crippen molar-refractivity contribution in [3.63, 3.8) is 0 Å². The van der Waals surface area contributed by atoms with Gasteiger partial charge in [0.2, 0.25) is 5.76 Å². The standard InChI is InChI=1S/C19H14ClFN2O4/c20-15-10-13(21)6-8-16(15)25-11-14-7-9-17(26-14)19(24)27-23-18(22)12-4-2-1-3-5-12/h1-10H,11H2,(H2,22,23). The third-order valence-electron chi connectivity index (χ3n) is 3.42. The van der Waals surface area contributed by atoms with E-state index in [0.29, 0.717) is 17.1 Å². The molecule has 0 atom stereocenters. The summed E-state index contributed by atoms with van der Waals surface area (Å²) in [6.07, 6.45) is 0. The lowest BCUT2D eigenvalue weighted by Gasteiger charge is -2.06. The SMILES string of the molecule is N/C(=N\OC(=O)c1ccc(COc2ccc(F)cc2Cl)o1)c1ccccc1. The third kappa shape index (κ3) is 4.86. The summed E-state index contributed by atoms with van der Waals surface area (Å²) in [6, 6.07) is 15.6. The van der Waals surface area contributed by atoms with Crippen molar-refractivity contribution in [3.05, 3.63) is 88.6 Å². The van der Waals surface area contributed by atoms with Crippen LogP contribution in [0.25, 0.3) is 0 Å². The predicted octanol–water partition coefficient (Wildman–Crippen LogP) is 4.13. The molecular formula is C19H14ClFN2O4. The molecule has 3 rings (SSSR count). The van der Waals surface area contributed by atoms with Gasteiger partial charge in [-0.1, -0.05) is 47.1 Å². The quantitative estimate of drug-likeness (QED) is 0.297. The van der Waals surface area contributed by atoms with E-state index in [0.717, 1.165) is 6.07 Å². The molecule has 0 amide bonds. The van der Waals surface area contributed by atoms with Gasteiger partial charge in [-0.3, -0.25) is 0 Å². The number of benzene rings is 2. The molecule has 8 heteroatoms. The van der Waals surface area contributed by atoms with Crippen LogP contribution in [0.5, 0.6) is 5.75 Å². The first-order valence-electron chi connectivity index (χ1n) is 7.80. The van der Waals surface area contributed by atoms with Gasteiger partial charge in [0.15, 0.2) is 5.84 Å². The largest absolute Gasteiger partial charge is 0.484 e. The fourth-order valence-corrected chi connectivity index (χ4v) is 2.33. The minimum absolute atomic E-state index is 0.00590. The highest BCUT2D eigenvalue weighted by Crippen LogP contribution is 2.26. The second kappa shape index (κ2) is 8.37. The number of nitrogens with two attached hydrogens (primary N) is 1. The third-order valence-corrected chi connectivity index (χ3v) is 3.72. The summed E-state index contributed by atoms with van der Waals surface area (Å²) in [6.45, 7) is -0.00590. The Balaban J connectivity index is 1.59. The van der Waals surface area contributed by atoms with E-state index in [-0.39, 0.29) is 23.2 Å². The molecule has 2 N–H and O–H groups in total. The van der Waals surface area contributed by atoms with Crippen molar-refractivity contribution in [1.29, 1.82) is 0 Å². The zero-order valence-corrected chi connectivity index (χ0v) is 14.7. The summed E-state index contributed by atoms with van der Waals surface area (Å²) in [7, 11) is 0. The fourth-order valence-electron chi connectivity index (χ4n) is 2.10. The number of rotatable bonds is 6. The average molecular weight is 389 g/mol. The summed E-state index contributed by atoms with van der Waals surface area (Å²) < 4.78 is 23.8. The maximum absolute atomic E-state index is 13.0. The molecule has 3 aromatic rings. The molecule has 0 aliphatic heterocycles. The molecule has 1 aromatic heterocycles. The van der Waals surface area contributed by atoms with Crippen LogP contribution >= 0.6 is 11.6 Å². The molecule has 138 valence electrons. The zero-order valence-electron chi connectivity index (χ0n) is 13.9. The number of furan rings is 1. The van der Waals surface area contributed by atoms with Crippen molar-refractivity contribution < 1.29 is 23.2 Å². The van der Waals surface area contributed by atoms with Gasteiger partial charge in [-0.05, 0) is 30.3 Å². The lowest BCUT2D eigenvalue weighted by Crippen LogP contribution is -2.15. The molecule has 1 heterocycles. The van der Waals surface area contributed by atoms with Gasteiger partial charge in [0.05, 0.1) is 5.02 Å². The van der Waals surface area contributed by atoms with E-state index in [9.17, 15) is 9.18 Å². The number of hydrogen-bond donors (Lipinski definition) is 1. The van der Waals surface area contributed by atoms with Crippen molar-refractivity contribution in [2.45, 2.75) is 6.61 Å². The van der Waals surface area contributed by atoms with E-state index >= 15 is 0 Å². The van der Waals surface area contributed by atoms with E-state index in [4.69, 9.17) is 31.3 Å². The van der Waals surface area contributed by atoms with Crippen LogP contribution in [0.2, 0.25) is 5.02 Å². The summed E-state index contributed by atoms with van der Waals surface area (Å²) in [4.78, 5) is 16.8. The number of ether oxygens (including phenoxy) is 1. The summed E-state index contributed by atoms with van der Waals surface area (Å²) in [5.74, 6) is -0.639. The summed E-state index contributed by atoms with van der Waals surface area (Å²) in [5.41, 5.74) is 6.37. The van der Waals surface area contributed by atoms with E-state index < -0.39 is 11.8 Å². The molecule has 0 bridgehead atoms. The summed E-state index contributed by atoms with van der Waals surface area (Å²) in [5, 5.41) is 3.73. The monoisotopic (exact) mass is 388 g/mol. The Morgan fingerprint density at radius 2 is 1.93 bits per heavy atom. The Hall–Kier alpha value is -3.32. The van der Waals surface area contributed by atoms with Crippen LogP contribution in [-0.2, 0) is 11.4 Å². The molecule has 0 aliphatic rings. The minimum Gasteiger partial charge on any atom is -0.484 e. The van der Waals surface area contributed by atoms with E-state index in [1.807, 2.05) is 6.07 Å². The van der Waals surface area contributed by atoms with E-state index in [2.05, 4.69) is 5.16 Å². The van der Waals surface area contributed by atoms with Crippen molar-refractivity contribution in [2.24, 2.45) is 10.9 Å². The second-order valence-corrected chi connectivity index (χ2v) is 5.76. The highest BCUT2D eigenvalue weighted by atomic mass is 35.5. The first kappa shape index (κ1) is 18.5. The molecule has 0 unspecified atom stereocenters. The predicted molar refractivity (Wildman–Crippen MR) is 97.0 cm³/mol. The summed E-state index contributed by atoms with van der Waals surface area (Å²) >= 11 is 5.88. The molecule has 0 saturated heterocycles. The Morgan fingerprint density at radius 3 is 2.67 bits per heavy atom. The van der Waals surface area contributed by atoms with Crippen molar-refractivity contribution in [2.75, 3.05) is 0 Å². The van der Waals surface area contributed by atoms with Crippen molar-refractivity contribution >= 4 is 23.4 Å². The van der Waals surface area contributed by atoms with Gasteiger partial charge < -0.3 is 19.7 Å². The van der Waals surface area contributed by atoms with E-state index in [1.165, 1.54) is 24.3 Å². The molecule has 2 aromatic carbocycles. The van der Waals surface area contributed by atoms with Gasteiger partial charge in [0.25, 0.3) is 0 Å². The number of hydrogen-bond acceptors (Lipinski definition) is 5. The van der Waals surface area contributed by atoms with E-state index in [1.54, 1.807) is 24.3 Å². The van der Waals surface area contributed by atoms with Crippen molar-refractivity contribution in [3.8, 4) is 5.75 Å². The smallest absolute Gasteiger partial charge is 0.400 e. The number of carbonyl (C=O) groups excluding carboxylic acids is 1. The van der Waals surface area contributed by atoms with Crippen LogP contribution in [0.4, 0.5) is 4.39 Å². The molecule has 0 aliphatic carbocycles. The molecule has 6 nitrogen and oxygen atoms in total. The number of amidine groups is 1. The topological polar surface area (TPSA) is 87.1 Å². The fraction of sp³-hybridized carbons (Fsp3) is 0.0526. The molecular weight excluding hydrogens is 375 g/mol. The highest BCUT2D eigenvalue weighted by molar-refractivity contribution is 6.32. The number of halogens is 2. The van der Waals surface area contributed by atoms with Gasteiger partial charge in [0.1, 0.15) is 23.9 Å². The van der Waals surface area contributed by atoms with Crippen LogP contribution < -0.4 is 10.5 Å². The van der Waals surface area contributed by atoms with Gasteiger partial charge in [-0.2, -0.15) is 0 Å². The lowest BCUT2D eigenvalue weighted by molar-refractivity contribution is 0.0475. The molecule has 0 radical (unpaired) electrons. The minimum atomic E-state index is -0.806. The number of oxime groups is 1. The van der Waals surface area contributed by atoms with Gasteiger partial charge in [-0.15, -0.1) is 0 Å². The lowest BCUT2D eigenvalue weighted by atomic mass is 10.2. The van der Waals surface area contributed by atoms with Crippen LogP contribution in [-0.4, -0.2) is 11.8 Å². The van der Waals surface area contributed by atoms with Gasteiger partial charge in [-0.25, -0.2) is 9.18 Å². The molecule has 27 heavy (non-hydrogen) atoms. The first-order chi connectivity index (χ1) is 13.0. The Morgan fingerprint density at radius 1 is 1.15 bits per heavy atom. The van der Waals surface area contributed by atoms with Crippen molar-refractivity contribution in [1.82, 2.24) is 0 Å². The normalized spacial score (nSPS) is 11.3. The highest BCUT2D eigenvalue weighted by Gasteiger charge is 2.14. The average Bonchev–Trinajstić information content (AvgIpc) is 3.15. The second-order valence-electron chi connectivity index (χ2n) is 5.35. The maximum atomic E-state index is 13.0. The zero-order chi connectivity index (χ0) is 19.2. The molecule has 0 saturated carbocycles. The first-order valence-corrected chi connectivity index (χ1v) is 8.17.